The van der Waals surface area contributed by atoms with Crippen molar-refractivity contribution in [2.75, 3.05) is 56.2 Å². The van der Waals surface area contributed by atoms with Crippen molar-refractivity contribution in [2.24, 2.45) is 7.05 Å². The van der Waals surface area contributed by atoms with Crippen LogP contribution in [0.3, 0.4) is 0 Å². The summed E-state index contributed by atoms with van der Waals surface area (Å²) in [6.07, 6.45) is 6.31. The van der Waals surface area contributed by atoms with Crippen LogP contribution in [0.2, 0.25) is 0 Å². The largest absolute Gasteiger partial charge is 0.378 e. The van der Waals surface area contributed by atoms with Crippen LogP contribution in [-0.4, -0.2) is 77.1 Å². The fourth-order valence-electron chi connectivity index (χ4n) is 4.15. The molecule has 0 bridgehead atoms. The van der Waals surface area contributed by atoms with Crippen molar-refractivity contribution in [3.63, 3.8) is 0 Å². The van der Waals surface area contributed by atoms with Crippen LogP contribution in [0.15, 0.2) is 18.5 Å². The fraction of sp³-hybridized carbons (Fsp3) is 0.650. The van der Waals surface area contributed by atoms with Crippen molar-refractivity contribution in [2.45, 2.75) is 32.4 Å². The van der Waals surface area contributed by atoms with E-state index in [0.717, 1.165) is 76.2 Å². The topological polar surface area (TPSA) is 62.6 Å². The molecular weight excluding hydrogens is 354 g/mol. The zero-order valence-corrected chi connectivity index (χ0v) is 17.2. The molecule has 8 heteroatoms. The zero-order chi connectivity index (χ0) is 19.5. The van der Waals surface area contributed by atoms with Crippen LogP contribution in [0.1, 0.15) is 24.1 Å². The average molecular weight is 386 g/mol. The molecule has 2 aliphatic heterocycles. The molecule has 2 saturated heterocycles. The van der Waals surface area contributed by atoms with Gasteiger partial charge in [-0.05, 0) is 25.8 Å². The molecule has 2 aliphatic rings. The number of rotatable bonds is 5. The molecule has 0 radical (unpaired) electrons. The van der Waals surface area contributed by atoms with Crippen LogP contribution < -0.4 is 9.80 Å². The first-order valence-corrected chi connectivity index (χ1v) is 10.2. The van der Waals surface area contributed by atoms with E-state index in [1.807, 2.05) is 24.0 Å². The Bertz CT molecular complexity index is 779. The Morgan fingerprint density at radius 1 is 1.18 bits per heavy atom. The quantitative estimate of drug-likeness (QED) is 0.772. The minimum Gasteiger partial charge on any atom is -0.378 e. The summed E-state index contributed by atoms with van der Waals surface area (Å²) in [7, 11) is 4.15. The fourth-order valence-corrected chi connectivity index (χ4v) is 4.15. The Morgan fingerprint density at radius 3 is 2.61 bits per heavy atom. The molecular formula is C20H31N7O. The number of hydrogen-bond donors (Lipinski definition) is 0. The van der Waals surface area contributed by atoms with Crippen molar-refractivity contribution in [1.82, 2.24) is 24.6 Å². The average Bonchev–Trinajstić information content (AvgIpc) is 3.05. The van der Waals surface area contributed by atoms with Gasteiger partial charge in [-0.1, -0.05) is 0 Å². The van der Waals surface area contributed by atoms with Crippen molar-refractivity contribution in [1.29, 1.82) is 0 Å². The number of aromatic nitrogens is 4. The lowest BCUT2D eigenvalue weighted by molar-refractivity contribution is 0.122. The molecule has 2 aromatic rings. The number of hydrogen-bond acceptors (Lipinski definition) is 7. The molecule has 28 heavy (non-hydrogen) atoms. The zero-order valence-electron chi connectivity index (χ0n) is 17.2. The third-order valence-electron chi connectivity index (χ3n) is 5.90. The normalized spacial score (nSPS) is 19.2. The van der Waals surface area contributed by atoms with E-state index in [9.17, 15) is 0 Å². The van der Waals surface area contributed by atoms with Crippen molar-refractivity contribution < 1.29 is 4.74 Å². The second-order valence-corrected chi connectivity index (χ2v) is 7.85. The van der Waals surface area contributed by atoms with E-state index in [-0.39, 0.29) is 0 Å². The van der Waals surface area contributed by atoms with Crippen LogP contribution in [0.25, 0.3) is 0 Å². The molecule has 152 valence electrons. The molecule has 0 unspecified atom stereocenters. The number of morpholine rings is 1. The molecule has 0 aromatic carbocycles. The van der Waals surface area contributed by atoms with Gasteiger partial charge < -0.3 is 14.5 Å². The first kappa shape index (κ1) is 19.1. The number of nitrogens with zero attached hydrogens (tertiary/aromatic N) is 7. The lowest BCUT2D eigenvalue weighted by atomic mass is 10.0. The van der Waals surface area contributed by atoms with Gasteiger partial charge in [0.25, 0.3) is 0 Å². The molecule has 0 saturated carbocycles. The van der Waals surface area contributed by atoms with Gasteiger partial charge in [-0.2, -0.15) is 10.1 Å². The van der Waals surface area contributed by atoms with E-state index in [4.69, 9.17) is 9.72 Å². The summed E-state index contributed by atoms with van der Waals surface area (Å²) in [6, 6.07) is 2.54. The molecule has 0 amide bonds. The lowest BCUT2D eigenvalue weighted by Gasteiger charge is -2.37. The lowest BCUT2D eigenvalue weighted by Crippen LogP contribution is -2.43. The Kier molecular flexibility index (Phi) is 5.77. The summed E-state index contributed by atoms with van der Waals surface area (Å²) in [6.45, 7) is 8.51. The SMILES string of the molecule is Cc1nn(C)cc1CN1CCC(N(C)c2ccnc(N3CCOCC3)n2)CC1. The van der Waals surface area contributed by atoms with Gasteiger partial charge in [-0.25, -0.2) is 4.98 Å². The van der Waals surface area contributed by atoms with E-state index in [2.05, 4.69) is 45.0 Å². The third kappa shape index (κ3) is 4.28. The highest BCUT2D eigenvalue weighted by Gasteiger charge is 2.25. The van der Waals surface area contributed by atoms with Crippen LogP contribution >= 0.6 is 0 Å². The summed E-state index contributed by atoms with van der Waals surface area (Å²) >= 11 is 0. The molecule has 2 fully saturated rings. The predicted octanol–water partition coefficient (Wildman–Crippen LogP) is 1.46. The number of likely N-dealkylation sites (tertiary alicyclic amines) is 1. The van der Waals surface area contributed by atoms with Gasteiger partial charge in [0.05, 0.1) is 18.9 Å². The summed E-state index contributed by atoms with van der Waals surface area (Å²) in [5.74, 6) is 1.83. The van der Waals surface area contributed by atoms with Crippen molar-refractivity contribution in [3.05, 3.63) is 29.7 Å². The highest BCUT2D eigenvalue weighted by atomic mass is 16.5. The van der Waals surface area contributed by atoms with Gasteiger partial charge in [-0.3, -0.25) is 9.58 Å². The maximum atomic E-state index is 5.44. The Balaban J connectivity index is 1.34. The van der Waals surface area contributed by atoms with Crippen LogP contribution in [0.4, 0.5) is 11.8 Å². The minimum atomic E-state index is 0.513. The Labute approximate surface area is 167 Å². The standard InChI is InChI=1S/C20H31N7O/c1-16-17(14-24(2)23-16)15-26-8-5-18(6-9-26)25(3)19-4-7-21-20(22-19)27-10-12-28-13-11-27/h4,7,14,18H,5-6,8-13,15H2,1-3H3. The highest BCUT2D eigenvalue weighted by molar-refractivity contribution is 5.44. The first-order valence-electron chi connectivity index (χ1n) is 10.2. The van der Waals surface area contributed by atoms with E-state index in [1.165, 1.54) is 5.56 Å². The molecule has 0 spiro atoms. The molecule has 4 heterocycles. The molecule has 2 aromatic heterocycles. The summed E-state index contributed by atoms with van der Waals surface area (Å²) in [4.78, 5) is 16.4. The monoisotopic (exact) mass is 385 g/mol. The van der Waals surface area contributed by atoms with Gasteiger partial charge in [0, 0.05) is 70.8 Å². The molecule has 8 nitrogen and oxygen atoms in total. The maximum Gasteiger partial charge on any atom is 0.227 e. The molecule has 4 rings (SSSR count). The smallest absolute Gasteiger partial charge is 0.227 e. The number of anilines is 2. The van der Waals surface area contributed by atoms with Gasteiger partial charge in [-0.15, -0.1) is 0 Å². The summed E-state index contributed by atoms with van der Waals surface area (Å²) in [5.41, 5.74) is 2.47. The van der Waals surface area contributed by atoms with E-state index in [0.29, 0.717) is 6.04 Å². The van der Waals surface area contributed by atoms with Crippen LogP contribution in [0.5, 0.6) is 0 Å². The molecule has 0 aliphatic carbocycles. The first-order chi connectivity index (χ1) is 13.6. The predicted molar refractivity (Wildman–Crippen MR) is 110 cm³/mol. The second kappa shape index (κ2) is 8.45. The second-order valence-electron chi connectivity index (χ2n) is 7.85. The van der Waals surface area contributed by atoms with E-state index in [1.54, 1.807) is 0 Å². The summed E-state index contributed by atoms with van der Waals surface area (Å²) < 4.78 is 7.35. The van der Waals surface area contributed by atoms with Crippen molar-refractivity contribution in [3.8, 4) is 0 Å². The maximum absolute atomic E-state index is 5.44. The highest BCUT2D eigenvalue weighted by Crippen LogP contribution is 2.23. The summed E-state index contributed by atoms with van der Waals surface area (Å²) in [5, 5.41) is 4.46. The van der Waals surface area contributed by atoms with Gasteiger partial charge >= 0.3 is 0 Å². The van der Waals surface area contributed by atoms with Gasteiger partial charge in [0.2, 0.25) is 5.95 Å². The number of ether oxygens (including phenoxy) is 1. The Hall–Kier alpha value is -2.19. The van der Waals surface area contributed by atoms with E-state index >= 15 is 0 Å². The number of piperidine rings is 1. The third-order valence-corrected chi connectivity index (χ3v) is 5.90. The van der Waals surface area contributed by atoms with Crippen LogP contribution in [0, 0.1) is 6.92 Å². The molecule has 0 N–H and O–H groups in total. The van der Waals surface area contributed by atoms with E-state index < -0.39 is 0 Å². The Morgan fingerprint density at radius 2 is 1.93 bits per heavy atom. The number of aryl methyl sites for hydroxylation is 2. The van der Waals surface area contributed by atoms with Crippen LogP contribution in [-0.2, 0) is 18.3 Å². The molecule has 0 atom stereocenters. The van der Waals surface area contributed by atoms with Gasteiger partial charge in [0.15, 0.2) is 0 Å². The minimum absolute atomic E-state index is 0.513. The van der Waals surface area contributed by atoms with Gasteiger partial charge in [0.1, 0.15) is 5.82 Å². The van der Waals surface area contributed by atoms with Crippen molar-refractivity contribution >= 4 is 11.8 Å².